The zero-order valence-corrected chi connectivity index (χ0v) is 17.2. The number of aromatic nitrogens is 2. The molecule has 1 saturated carbocycles. The molecular weight excluding hydrogens is 385 g/mol. The van der Waals surface area contributed by atoms with Crippen molar-refractivity contribution in [3.8, 4) is 0 Å². The van der Waals surface area contributed by atoms with Gasteiger partial charge in [-0.05, 0) is 55.3 Å². The second kappa shape index (κ2) is 8.24. The number of rotatable bonds is 6. The first-order chi connectivity index (χ1) is 14.2. The highest BCUT2D eigenvalue weighted by atomic mass is 32.1. The van der Waals surface area contributed by atoms with E-state index in [9.17, 15) is 4.39 Å². The van der Waals surface area contributed by atoms with Gasteiger partial charge in [-0.2, -0.15) is 0 Å². The Kier molecular flexibility index (Phi) is 5.33. The van der Waals surface area contributed by atoms with Gasteiger partial charge in [-0.3, -0.25) is 4.90 Å². The summed E-state index contributed by atoms with van der Waals surface area (Å²) in [5.74, 6) is 0.909. The third-order valence-electron chi connectivity index (χ3n) is 6.23. The molecule has 3 aromatic rings. The molecule has 0 bridgehead atoms. The first kappa shape index (κ1) is 18.8. The van der Waals surface area contributed by atoms with E-state index in [2.05, 4.69) is 54.7 Å². The number of halogens is 1. The van der Waals surface area contributed by atoms with E-state index < -0.39 is 5.82 Å². The van der Waals surface area contributed by atoms with Gasteiger partial charge in [0.1, 0.15) is 0 Å². The van der Waals surface area contributed by atoms with Crippen LogP contribution < -0.4 is 10.2 Å². The first-order valence-electron chi connectivity index (χ1n) is 10.4. The molecular formula is C22H26FN5S. The monoisotopic (exact) mass is 411 g/mol. The van der Waals surface area contributed by atoms with E-state index in [0.717, 1.165) is 44.9 Å². The Hall–Kier alpha value is -2.25. The van der Waals surface area contributed by atoms with E-state index in [-0.39, 0.29) is 0 Å². The van der Waals surface area contributed by atoms with Crippen molar-refractivity contribution in [2.24, 2.45) is 5.92 Å². The predicted octanol–water partition coefficient (Wildman–Crippen LogP) is 4.23. The van der Waals surface area contributed by atoms with Crippen molar-refractivity contribution < 1.29 is 4.39 Å². The second-order valence-electron chi connectivity index (χ2n) is 8.13. The summed E-state index contributed by atoms with van der Waals surface area (Å²) in [7, 11) is 0. The average molecular weight is 412 g/mol. The molecule has 3 heterocycles. The van der Waals surface area contributed by atoms with Gasteiger partial charge in [0, 0.05) is 48.0 Å². The van der Waals surface area contributed by atoms with Crippen molar-refractivity contribution in [3.63, 3.8) is 0 Å². The highest BCUT2D eigenvalue weighted by molar-refractivity contribution is 7.17. The van der Waals surface area contributed by atoms with Gasteiger partial charge in [0.2, 0.25) is 5.95 Å². The third kappa shape index (κ3) is 4.21. The molecule has 1 aliphatic heterocycles. The van der Waals surface area contributed by atoms with Crippen LogP contribution in [0.25, 0.3) is 10.1 Å². The zero-order chi connectivity index (χ0) is 19.6. The Balaban J connectivity index is 1.04. The molecule has 1 aromatic carbocycles. The molecule has 2 fully saturated rings. The number of hydrogen-bond donors (Lipinski definition) is 1. The molecule has 1 N–H and O–H groups in total. The minimum atomic E-state index is -0.394. The number of anilines is 2. The van der Waals surface area contributed by atoms with E-state index in [1.807, 2.05) is 11.3 Å². The summed E-state index contributed by atoms with van der Waals surface area (Å²) in [6.07, 6.45) is 5.98. The molecule has 1 aliphatic carbocycles. The lowest BCUT2D eigenvalue weighted by molar-refractivity contribution is 0.195. The number of nitrogens with one attached hydrogen (secondary N) is 1. The van der Waals surface area contributed by atoms with Crippen LogP contribution in [0.3, 0.4) is 0 Å². The van der Waals surface area contributed by atoms with Crippen LogP contribution in [0.1, 0.15) is 19.3 Å². The molecule has 0 unspecified atom stereocenters. The van der Waals surface area contributed by atoms with Gasteiger partial charge in [-0.1, -0.05) is 6.07 Å². The minimum Gasteiger partial charge on any atom is -0.368 e. The topological polar surface area (TPSA) is 44.3 Å². The van der Waals surface area contributed by atoms with Crippen LogP contribution in [0.2, 0.25) is 0 Å². The quantitative estimate of drug-likeness (QED) is 0.658. The maximum absolute atomic E-state index is 12.9. The largest absolute Gasteiger partial charge is 0.368 e. The third-order valence-corrected chi connectivity index (χ3v) is 7.11. The lowest BCUT2D eigenvalue weighted by atomic mass is 9.78. The Morgan fingerprint density at radius 3 is 2.66 bits per heavy atom. The summed E-state index contributed by atoms with van der Waals surface area (Å²) in [6, 6.07) is 9.33. The van der Waals surface area contributed by atoms with Crippen molar-refractivity contribution in [3.05, 3.63) is 47.9 Å². The molecule has 7 heteroatoms. The molecule has 0 spiro atoms. The number of piperazine rings is 1. The van der Waals surface area contributed by atoms with Gasteiger partial charge >= 0.3 is 0 Å². The predicted molar refractivity (Wildman–Crippen MR) is 117 cm³/mol. The van der Waals surface area contributed by atoms with Crippen molar-refractivity contribution >= 4 is 33.1 Å². The summed E-state index contributed by atoms with van der Waals surface area (Å²) in [4.78, 5) is 13.1. The van der Waals surface area contributed by atoms with Gasteiger partial charge in [0.05, 0.1) is 12.4 Å². The van der Waals surface area contributed by atoms with Gasteiger partial charge in [0.15, 0.2) is 5.82 Å². The minimum absolute atomic E-state index is 0.394. The van der Waals surface area contributed by atoms with E-state index >= 15 is 0 Å². The number of hydrogen-bond acceptors (Lipinski definition) is 6. The van der Waals surface area contributed by atoms with Crippen molar-refractivity contribution in [2.75, 3.05) is 42.9 Å². The summed E-state index contributed by atoms with van der Waals surface area (Å²) >= 11 is 1.82. The maximum Gasteiger partial charge on any atom is 0.222 e. The van der Waals surface area contributed by atoms with Crippen LogP contribution in [0, 0.1) is 11.7 Å². The van der Waals surface area contributed by atoms with Gasteiger partial charge in [0.25, 0.3) is 0 Å². The van der Waals surface area contributed by atoms with Crippen LogP contribution in [-0.2, 0) is 0 Å². The number of thiophene rings is 1. The molecule has 2 aliphatic rings. The normalized spacial score (nSPS) is 22.6. The number of nitrogens with zero attached hydrogens (tertiary/aromatic N) is 4. The summed E-state index contributed by atoms with van der Waals surface area (Å²) in [5, 5.41) is 6.88. The highest BCUT2D eigenvalue weighted by Gasteiger charge is 2.30. The van der Waals surface area contributed by atoms with Gasteiger partial charge in [-0.15, -0.1) is 11.3 Å². The Labute approximate surface area is 174 Å². The molecule has 1 saturated heterocycles. The SMILES string of the molecule is Fc1cnc(N[C@H]2C[C@H](CCN3CCN(c4cccc5sccc45)CC3)C2)nc1. The molecule has 5 rings (SSSR count). The van der Waals surface area contributed by atoms with Crippen molar-refractivity contribution in [1.29, 1.82) is 0 Å². The highest BCUT2D eigenvalue weighted by Crippen LogP contribution is 2.33. The fourth-order valence-electron chi connectivity index (χ4n) is 4.49. The maximum atomic E-state index is 12.9. The average Bonchev–Trinajstić information content (AvgIpc) is 3.20. The summed E-state index contributed by atoms with van der Waals surface area (Å²) < 4.78 is 14.3. The fraction of sp³-hybridized carbons (Fsp3) is 0.455. The molecule has 152 valence electrons. The van der Waals surface area contributed by atoms with Gasteiger partial charge in [-0.25, -0.2) is 14.4 Å². The summed E-state index contributed by atoms with van der Waals surface area (Å²) in [5.41, 5.74) is 1.39. The van der Waals surface area contributed by atoms with E-state index in [0.29, 0.717) is 12.0 Å². The van der Waals surface area contributed by atoms with Crippen molar-refractivity contribution in [2.45, 2.75) is 25.3 Å². The second-order valence-corrected chi connectivity index (χ2v) is 9.08. The van der Waals surface area contributed by atoms with Gasteiger partial charge < -0.3 is 10.2 Å². The molecule has 29 heavy (non-hydrogen) atoms. The van der Waals surface area contributed by atoms with E-state index in [1.165, 1.54) is 41.1 Å². The standard InChI is InChI=1S/C22H26FN5S/c23-17-14-24-22(25-15-17)26-18-12-16(13-18)4-6-27-7-9-28(10-8-27)20-2-1-3-21-19(20)5-11-29-21/h1-3,5,11,14-16,18H,4,6-10,12-13H2,(H,24,25,26)/t16-,18-. The lowest BCUT2D eigenvalue weighted by Gasteiger charge is -2.39. The summed E-state index contributed by atoms with van der Waals surface area (Å²) in [6.45, 7) is 5.66. The zero-order valence-electron chi connectivity index (χ0n) is 16.4. The molecule has 0 atom stereocenters. The Morgan fingerprint density at radius 2 is 1.86 bits per heavy atom. The number of fused-ring (bicyclic) bond motifs is 1. The van der Waals surface area contributed by atoms with Crippen LogP contribution in [0.4, 0.5) is 16.0 Å². The molecule has 2 aromatic heterocycles. The number of benzene rings is 1. The van der Waals surface area contributed by atoms with Crippen LogP contribution in [0.5, 0.6) is 0 Å². The first-order valence-corrected chi connectivity index (χ1v) is 11.3. The molecule has 5 nitrogen and oxygen atoms in total. The van der Waals surface area contributed by atoms with Crippen LogP contribution >= 0.6 is 11.3 Å². The Bertz CT molecular complexity index is 945. The van der Waals surface area contributed by atoms with Crippen LogP contribution in [0.15, 0.2) is 42.0 Å². The van der Waals surface area contributed by atoms with Crippen LogP contribution in [-0.4, -0.2) is 53.6 Å². The molecule has 0 amide bonds. The lowest BCUT2D eigenvalue weighted by Crippen LogP contribution is -2.47. The molecule has 0 radical (unpaired) electrons. The van der Waals surface area contributed by atoms with Crippen molar-refractivity contribution in [1.82, 2.24) is 14.9 Å². The van der Waals surface area contributed by atoms with E-state index in [1.54, 1.807) is 0 Å². The Morgan fingerprint density at radius 1 is 1.07 bits per heavy atom. The smallest absolute Gasteiger partial charge is 0.222 e. The fourth-order valence-corrected chi connectivity index (χ4v) is 5.30. The van der Waals surface area contributed by atoms with E-state index in [4.69, 9.17) is 0 Å².